The molecule has 2 aliphatic rings. The van der Waals surface area contributed by atoms with Crippen LogP contribution in [0.1, 0.15) is 49.4 Å². The molecule has 158 valence electrons. The third-order valence-electron chi connectivity index (χ3n) is 5.28. The standard InChI is InChI=1S/C23H26N2O5/c1-2-28-18-9-5-4-8-17(18)22(27)24-15-21(26)25-16-10-11-19-20(14-16)30-23(29-19)12-6-3-7-13-23/h4-5,8-11,14H,2-3,6-7,12-13,15H2,1H3,(H,24,27)(H,25,26). The van der Waals surface area contributed by atoms with Gasteiger partial charge < -0.3 is 24.8 Å². The summed E-state index contributed by atoms with van der Waals surface area (Å²) >= 11 is 0. The fourth-order valence-corrected chi connectivity index (χ4v) is 3.86. The summed E-state index contributed by atoms with van der Waals surface area (Å²) in [4.78, 5) is 24.7. The van der Waals surface area contributed by atoms with Crippen LogP contribution in [0.15, 0.2) is 42.5 Å². The van der Waals surface area contributed by atoms with Gasteiger partial charge in [0.05, 0.1) is 18.7 Å². The van der Waals surface area contributed by atoms with Gasteiger partial charge in [0.15, 0.2) is 11.5 Å². The lowest BCUT2D eigenvalue weighted by molar-refractivity contribution is -0.115. The third kappa shape index (κ3) is 4.35. The highest BCUT2D eigenvalue weighted by Crippen LogP contribution is 2.46. The molecule has 1 fully saturated rings. The minimum Gasteiger partial charge on any atom is -0.493 e. The second-order valence-electron chi connectivity index (χ2n) is 7.50. The molecule has 2 aromatic rings. The van der Waals surface area contributed by atoms with Crippen molar-refractivity contribution in [2.45, 2.75) is 44.8 Å². The minimum absolute atomic E-state index is 0.155. The second-order valence-corrected chi connectivity index (χ2v) is 7.50. The topological polar surface area (TPSA) is 85.9 Å². The van der Waals surface area contributed by atoms with E-state index in [1.165, 1.54) is 6.42 Å². The highest BCUT2D eigenvalue weighted by Gasteiger charge is 2.42. The van der Waals surface area contributed by atoms with E-state index < -0.39 is 5.79 Å². The smallest absolute Gasteiger partial charge is 0.255 e. The Kier molecular flexibility index (Phi) is 5.79. The Balaban J connectivity index is 1.33. The van der Waals surface area contributed by atoms with Crippen LogP contribution in [0.4, 0.5) is 5.69 Å². The average Bonchev–Trinajstić information content (AvgIpc) is 3.09. The lowest BCUT2D eigenvalue weighted by Gasteiger charge is -2.31. The average molecular weight is 410 g/mol. The Labute approximate surface area is 175 Å². The molecule has 7 heteroatoms. The van der Waals surface area contributed by atoms with Crippen LogP contribution in [0.5, 0.6) is 17.2 Å². The summed E-state index contributed by atoms with van der Waals surface area (Å²) in [5, 5.41) is 5.42. The first-order valence-electron chi connectivity index (χ1n) is 10.4. The van der Waals surface area contributed by atoms with Gasteiger partial charge in [-0.15, -0.1) is 0 Å². The van der Waals surface area contributed by atoms with Crippen molar-refractivity contribution >= 4 is 17.5 Å². The number of fused-ring (bicyclic) bond motifs is 1. The van der Waals surface area contributed by atoms with E-state index >= 15 is 0 Å². The molecule has 7 nitrogen and oxygen atoms in total. The van der Waals surface area contributed by atoms with Gasteiger partial charge in [-0.05, 0) is 44.0 Å². The number of carbonyl (C=O) groups is 2. The quantitative estimate of drug-likeness (QED) is 0.755. The van der Waals surface area contributed by atoms with Crippen molar-refractivity contribution in [3.05, 3.63) is 48.0 Å². The van der Waals surface area contributed by atoms with Crippen LogP contribution in [-0.2, 0) is 4.79 Å². The Hall–Kier alpha value is -3.22. The first-order valence-corrected chi connectivity index (χ1v) is 10.4. The number of carbonyl (C=O) groups excluding carboxylic acids is 2. The molecule has 0 bridgehead atoms. The largest absolute Gasteiger partial charge is 0.493 e. The maximum absolute atomic E-state index is 12.4. The number of para-hydroxylation sites is 1. The number of hydrogen-bond acceptors (Lipinski definition) is 5. The Bertz CT molecular complexity index is 937. The van der Waals surface area contributed by atoms with Crippen molar-refractivity contribution in [1.29, 1.82) is 0 Å². The van der Waals surface area contributed by atoms with E-state index in [-0.39, 0.29) is 18.4 Å². The zero-order chi connectivity index (χ0) is 21.0. The molecule has 30 heavy (non-hydrogen) atoms. The first kappa shape index (κ1) is 20.1. The van der Waals surface area contributed by atoms with Crippen molar-refractivity contribution in [1.82, 2.24) is 5.32 Å². The van der Waals surface area contributed by atoms with Crippen molar-refractivity contribution in [2.75, 3.05) is 18.5 Å². The number of nitrogens with one attached hydrogen (secondary N) is 2. The maximum Gasteiger partial charge on any atom is 0.255 e. The SMILES string of the molecule is CCOc1ccccc1C(=O)NCC(=O)Nc1ccc2c(c1)OC1(CCCCC1)O2. The highest BCUT2D eigenvalue weighted by molar-refractivity contribution is 6.00. The van der Waals surface area contributed by atoms with Gasteiger partial charge in [0.2, 0.25) is 5.91 Å². The van der Waals surface area contributed by atoms with Crippen LogP contribution in [0.3, 0.4) is 0 Å². The summed E-state index contributed by atoms with van der Waals surface area (Å²) in [5.41, 5.74) is 0.993. The molecule has 0 radical (unpaired) electrons. The molecule has 0 unspecified atom stereocenters. The number of hydrogen-bond donors (Lipinski definition) is 2. The van der Waals surface area contributed by atoms with Crippen LogP contribution in [-0.4, -0.2) is 30.8 Å². The van der Waals surface area contributed by atoms with Crippen LogP contribution >= 0.6 is 0 Å². The zero-order valence-corrected chi connectivity index (χ0v) is 17.0. The molecule has 1 aliphatic carbocycles. The van der Waals surface area contributed by atoms with Crippen molar-refractivity contribution in [3.63, 3.8) is 0 Å². The fraction of sp³-hybridized carbons (Fsp3) is 0.391. The lowest BCUT2D eigenvalue weighted by atomic mass is 9.94. The molecule has 0 saturated heterocycles. The van der Waals surface area contributed by atoms with E-state index in [9.17, 15) is 9.59 Å². The van der Waals surface area contributed by atoms with Gasteiger partial charge in [0.1, 0.15) is 5.75 Å². The van der Waals surface area contributed by atoms with E-state index in [2.05, 4.69) is 10.6 Å². The van der Waals surface area contributed by atoms with Crippen LogP contribution in [0, 0.1) is 0 Å². The van der Waals surface area contributed by atoms with Crippen LogP contribution < -0.4 is 24.8 Å². The van der Waals surface area contributed by atoms with Gasteiger partial charge in [0.25, 0.3) is 11.7 Å². The van der Waals surface area contributed by atoms with Crippen molar-refractivity contribution in [2.24, 2.45) is 0 Å². The van der Waals surface area contributed by atoms with Gasteiger partial charge in [-0.1, -0.05) is 18.6 Å². The molecule has 2 amide bonds. The van der Waals surface area contributed by atoms with E-state index in [4.69, 9.17) is 14.2 Å². The monoisotopic (exact) mass is 410 g/mol. The molecule has 0 aromatic heterocycles. The second kappa shape index (κ2) is 8.65. The summed E-state index contributed by atoms with van der Waals surface area (Å²) in [6.07, 6.45) is 5.12. The van der Waals surface area contributed by atoms with Crippen LogP contribution in [0.25, 0.3) is 0 Å². The van der Waals surface area contributed by atoms with Crippen LogP contribution in [0.2, 0.25) is 0 Å². The minimum atomic E-state index is -0.550. The summed E-state index contributed by atoms with van der Waals surface area (Å²) in [7, 11) is 0. The van der Waals surface area contributed by atoms with Crippen molar-refractivity contribution < 1.29 is 23.8 Å². The molecule has 2 N–H and O–H groups in total. The van der Waals surface area contributed by atoms with Gasteiger partial charge in [-0.3, -0.25) is 9.59 Å². The number of amides is 2. The molecule has 1 aliphatic heterocycles. The Morgan fingerprint density at radius 2 is 1.80 bits per heavy atom. The predicted molar refractivity (Wildman–Crippen MR) is 112 cm³/mol. The zero-order valence-electron chi connectivity index (χ0n) is 17.0. The highest BCUT2D eigenvalue weighted by atomic mass is 16.7. The molecule has 4 rings (SSSR count). The summed E-state index contributed by atoms with van der Waals surface area (Å²) < 4.78 is 17.6. The number of anilines is 1. The van der Waals surface area contributed by atoms with Gasteiger partial charge >= 0.3 is 0 Å². The molecule has 1 heterocycles. The Morgan fingerprint density at radius 3 is 2.60 bits per heavy atom. The van der Waals surface area contributed by atoms with Gasteiger partial charge in [-0.25, -0.2) is 0 Å². The van der Waals surface area contributed by atoms with E-state index in [1.54, 1.807) is 36.4 Å². The molecule has 0 atom stereocenters. The van der Waals surface area contributed by atoms with Gasteiger partial charge in [-0.2, -0.15) is 0 Å². The van der Waals surface area contributed by atoms with E-state index in [0.29, 0.717) is 35.1 Å². The Morgan fingerprint density at radius 1 is 1.03 bits per heavy atom. The number of benzene rings is 2. The van der Waals surface area contributed by atoms with E-state index in [1.807, 2.05) is 13.0 Å². The molecule has 1 spiro atoms. The lowest BCUT2D eigenvalue weighted by Crippen LogP contribution is -2.40. The number of rotatable bonds is 6. The van der Waals surface area contributed by atoms with E-state index in [0.717, 1.165) is 25.7 Å². The number of ether oxygens (including phenoxy) is 3. The molecule has 2 aromatic carbocycles. The predicted octanol–water partition coefficient (Wildman–Crippen LogP) is 3.89. The maximum atomic E-state index is 12.4. The molecular weight excluding hydrogens is 384 g/mol. The molecule has 1 saturated carbocycles. The summed E-state index contributed by atoms with van der Waals surface area (Å²) in [6, 6.07) is 12.3. The summed E-state index contributed by atoms with van der Waals surface area (Å²) in [6.45, 7) is 2.15. The fourth-order valence-electron chi connectivity index (χ4n) is 3.86. The van der Waals surface area contributed by atoms with Gasteiger partial charge in [0, 0.05) is 24.6 Å². The summed E-state index contributed by atoms with van der Waals surface area (Å²) in [5.74, 6) is 0.596. The first-order chi connectivity index (χ1) is 14.6. The van der Waals surface area contributed by atoms with Crippen molar-refractivity contribution in [3.8, 4) is 17.2 Å². The third-order valence-corrected chi connectivity index (χ3v) is 5.28. The normalized spacial score (nSPS) is 16.2. The molecular formula is C23H26N2O5.